The van der Waals surface area contributed by atoms with Crippen molar-refractivity contribution in [3.8, 4) is 5.75 Å². The fourth-order valence-corrected chi connectivity index (χ4v) is 3.59. The zero-order chi connectivity index (χ0) is 19.7. The first-order valence-corrected chi connectivity index (χ1v) is 9.33. The molecule has 4 rings (SSSR count). The SMILES string of the molecule is Cc1ccc2c(c1)OCC(=O)N2CC(=O)N1CCN(c2ccc(F)cc2)CC1. The molecule has 0 radical (unpaired) electrons. The van der Waals surface area contributed by atoms with E-state index in [2.05, 4.69) is 4.90 Å². The van der Waals surface area contributed by atoms with Crippen molar-refractivity contribution >= 4 is 23.2 Å². The van der Waals surface area contributed by atoms with Crippen LogP contribution in [0.4, 0.5) is 15.8 Å². The number of anilines is 2. The van der Waals surface area contributed by atoms with E-state index in [0.29, 0.717) is 37.6 Å². The van der Waals surface area contributed by atoms with Gasteiger partial charge in [0.15, 0.2) is 6.61 Å². The fourth-order valence-electron chi connectivity index (χ4n) is 3.59. The Morgan fingerprint density at radius 3 is 2.50 bits per heavy atom. The van der Waals surface area contributed by atoms with Crippen LogP contribution in [0.5, 0.6) is 5.75 Å². The summed E-state index contributed by atoms with van der Waals surface area (Å²) in [5.41, 5.74) is 2.62. The van der Waals surface area contributed by atoms with E-state index in [1.54, 1.807) is 17.0 Å². The Morgan fingerprint density at radius 2 is 1.79 bits per heavy atom. The molecule has 2 aromatic carbocycles. The van der Waals surface area contributed by atoms with E-state index in [1.807, 2.05) is 25.1 Å². The van der Waals surface area contributed by atoms with Crippen LogP contribution in [-0.4, -0.2) is 56.0 Å². The molecule has 6 nitrogen and oxygen atoms in total. The summed E-state index contributed by atoms with van der Waals surface area (Å²) < 4.78 is 18.6. The van der Waals surface area contributed by atoms with E-state index < -0.39 is 0 Å². The number of aryl methyl sites for hydroxylation is 1. The molecule has 7 heteroatoms. The summed E-state index contributed by atoms with van der Waals surface area (Å²) in [5.74, 6) is 0.0759. The molecule has 2 heterocycles. The highest BCUT2D eigenvalue weighted by Gasteiger charge is 2.30. The Balaban J connectivity index is 1.40. The Bertz CT molecular complexity index is 892. The average Bonchev–Trinajstić information content (AvgIpc) is 2.71. The summed E-state index contributed by atoms with van der Waals surface area (Å²) in [6, 6.07) is 12.0. The normalized spacial score (nSPS) is 16.6. The van der Waals surface area contributed by atoms with Crippen LogP contribution in [0.15, 0.2) is 42.5 Å². The van der Waals surface area contributed by atoms with Crippen molar-refractivity contribution < 1.29 is 18.7 Å². The largest absolute Gasteiger partial charge is 0.482 e. The van der Waals surface area contributed by atoms with Crippen molar-refractivity contribution in [2.75, 3.05) is 49.1 Å². The maximum atomic E-state index is 13.1. The molecule has 1 saturated heterocycles. The smallest absolute Gasteiger partial charge is 0.265 e. The van der Waals surface area contributed by atoms with E-state index >= 15 is 0 Å². The molecular weight excluding hydrogens is 361 g/mol. The molecule has 0 aromatic heterocycles. The highest BCUT2D eigenvalue weighted by Crippen LogP contribution is 2.32. The topological polar surface area (TPSA) is 53.1 Å². The van der Waals surface area contributed by atoms with E-state index in [4.69, 9.17) is 4.74 Å². The van der Waals surface area contributed by atoms with Gasteiger partial charge in [-0.25, -0.2) is 4.39 Å². The number of carbonyl (C=O) groups excluding carboxylic acids is 2. The molecule has 2 aliphatic rings. The van der Waals surface area contributed by atoms with Crippen LogP contribution in [0, 0.1) is 12.7 Å². The third kappa shape index (κ3) is 3.65. The monoisotopic (exact) mass is 383 g/mol. The lowest BCUT2D eigenvalue weighted by Gasteiger charge is -2.37. The second kappa shape index (κ2) is 7.50. The van der Waals surface area contributed by atoms with E-state index in [9.17, 15) is 14.0 Å². The maximum absolute atomic E-state index is 13.1. The van der Waals surface area contributed by atoms with Gasteiger partial charge in [0.05, 0.1) is 5.69 Å². The molecule has 1 fully saturated rings. The number of piperazine rings is 1. The summed E-state index contributed by atoms with van der Waals surface area (Å²) in [6.07, 6.45) is 0. The quantitative estimate of drug-likeness (QED) is 0.816. The van der Waals surface area contributed by atoms with E-state index in [0.717, 1.165) is 11.3 Å². The van der Waals surface area contributed by atoms with Crippen molar-refractivity contribution in [2.45, 2.75) is 6.92 Å². The zero-order valence-corrected chi connectivity index (χ0v) is 15.7. The van der Waals surface area contributed by atoms with Crippen LogP contribution >= 0.6 is 0 Å². The molecule has 0 aliphatic carbocycles. The summed E-state index contributed by atoms with van der Waals surface area (Å²) in [4.78, 5) is 30.5. The molecule has 2 amide bonds. The van der Waals surface area contributed by atoms with Gasteiger partial charge in [0.1, 0.15) is 18.1 Å². The molecule has 0 unspecified atom stereocenters. The van der Waals surface area contributed by atoms with Gasteiger partial charge in [-0.1, -0.05) is 6.07 Å². The molecule has 28 heavy (non-hydrogen) atoms. The zero-order valence-electron chi connectivity index (χ0n) is 15.7. The third-order valence-electron chi connectivity index (χ3n) is 5.18. The highest BCUT2D eigenvalue weighted by molar-refractivity contribution is 6.02. The van der Waals surface area contributed by atoms with Gasteiger partial charge in [0, 0.05) is 31.9 Å². The summed E-state index contributed by atoms with van der Waals surface area (Å²) >= 11 is 0. The molecule has 0 N–H and O–H groups in total. The number of ether oxygens (including phenoxy) is 1. The Morgan fingerprint density at radius 1 is 1.07 bits per heavy atom. The molecule has 0 saturated carbocycles. The lowest BCUT2D eigenvalue weighted by Crippen LogP contribution is -2.53. The molecule has 0 atom stereocenters. The minimum atomic E-state index is -0.261. The first-order chi connectivity index (χ1) is 13.5. The van der Waals surface area contributed by atoms with E-state index in [-0.39, 0.29) is 30.8 Å². The van der Waals surface area contributed by atoms with Crippen LogP contribution in [0.25, 0.3) is 0 Å². The summed E-state index contributed by atoms with van der Waals surface area (Å²) in [7, 11) is 0. The lowest BCUT2D eigenvalue weighted by molar-refractivity contribution is -0.132. The average molecular weight is 383 g/mol. The van der Waals surface area contributed by atoms with Gasteiger partial charge in [-0.15, -0.1) is 0 Å². The standard InChI is InChI=1S/C21H22FN3O3/c1-15-2-7-18-19(12-15)28-14-21(27)25(18)13-20(26)24-10-8-23(9-11-24)17-5-3-16(22)4-6-17/h2-7,12H,8-11,13-14H2,1H3. The number of fused-ring (bicyclic) bond motifs is 1. The summed E-state index contributed by atoms with van der Waals surface area (Å²) in [5, 5.41) is 0. The minimum Gasteiger partial charge on any atom is -0.482 e. The van der Waals surface area contributed by atoms with Crippen LogP contribution < -0.4 is 14.5 Å². The van der Waals surface area contributed by atoms with Gasteiger partial charge in [-0.2, -0.15) is 0 Å². The van der Waals surface area contributed by atoms with Crippen LogP contribution in [-0.2, 0) is 9.59 Å². The van der Waals surface area contributed by atoms with Crippen LogP contribution in [0.3, 0.4) is 0 Å². The first-order valence-electron chi connectivity index (χ1n) is 9.33. The lowest BCUT2D eigenvalue weighted by atomic mass is 10.1. The number of amides is 2. The van der Waals surface area contributed by atoms with Gasteiger partial charge in [-0.3, -0.25) is 14.5 Å². The van der Waals surface area contributed by atoms with Gasteiger partial charge in [0.2, 0.25) is 5.91 Å². The second-order valence-electron chi connectivity index (χ2n) is 7.08. The Hall–Kier alpha value is -3.09. The van der Waals surface area contributed by atoms with Gasteiger partial charge < -0.3 is 14.5 Å². The van der Waals surface area contributed by atoms with Crippen LogP contribution in [0.1, 0.15) is 5.56 Å². The number of halogens is 1. The van der Waals surface area contributed by atoms with Crippen molar-refractivity contribution in [1.29, 1.82) is 0 Å². The Kier molecular flexibility index (Phi) is 4.90. The van der Waals surface area contributed by atoms with E-state index in [1.165, 1.54) is 17.0 Å². The van der Waals surface area contributed by atoms with Gasteiger partial charge in [0.25, 0.3) is 5.91 Å². The number of hydrogen-bond acceptors (Lipinski definition) is 4. The molecule has 146 valence electrons. The molecule has 2 aliphatic heterocycles. The number of carbonyl (C=O) groups is 2. The third-order valence-corrected chi connectivity index (χ3v) is 5.18. The van der Waals surface area contributed by atoms with Crippen molar-refractivity contribution in [3.63, 3.8) is 0 Å². The predicted octanol–water partition coefficient (Wildman–Crippen LogP) is 2.21. The number of hydrogen-bond donors (Lipinski definition) is 0. The molecule has 0 bridgehead atoms. The maximum Gasteiger partial charge on any atom is 0.265 e. The van der Waals surface area contributed by atoms with Crippen LogP contribution in [0.2, 0.25) is 0 Å². The Labute approximate surface area is 163 Å². The fraction of sp³-hybridized carbons (Fsp3) is 0.333. The first kappa shape index (κ1) is 18.3. The summed E-state index contributed by atoms with van der Waals surface area (Å²) in [6.45, 7) is 4.38. The highest BCUT2D eigenvalue weighted by atomic mass is 19.1. The molecular formula is C21H22FN3O3. The van der Waals surface area contributed by atoms with Crippen molar-refractivity contribution in [2.24, 2.45) is 0 Å². The van der Waals surface area contributed by atoms with Crippen molar-refractivity contribution in [3.05, 3.63) is 53.8 Å². The van der Waals surface area contributed by atoms with Crippen molar-refractivity contribution in [1.82, 2.24) is 4.90 Å². The van der Waals surface area contributed by atoms with Gasteiger partial charge >= 0.3 is 0 Å². The number of rotatable bonds is 3. The molecule has 2 aromatic rings. The predicted molar refractivity (Wildman–Crippen MR) is 104 cm³/mol. The number of benzene rings is 2. The number of nitrogens with zero attached hydrogens (tertiary/aromatic N) is 3. The molecule has 0 spiro atoms. The van der Waals surface area contributed by atoms with Gasteiger partial charge in [-0.05, 0) is 48.9 Å². The minimum absolute atomic E-state index is 0.00873. The second-order valence-corrected chi connectivity index (χ2v) is 7.08.